The normalized spacial score (nSPS) is 14.1. The Bertz CT molecular complexity index is 565. The number of rotatable bonds is 14. The fourth-order valence-corrected chi connectivity index (χ4v) is 3.17. The van der Waals surface area contributed by atoms with Gasteiger partial charge in [-0.15, -0.1) is 37.2 Å². The molecule has 0 bridgehead atoms. The Balaban J connectivity index is -0.00000261. The summed E-state index contributed by atoms with van der Waals surface area (Å²) in [4.78, 5) is 12.2. The molecule has 0 aliphatic carbocycles. The zero-order valence-corrected chi connectivity index (χ0v) is 21.6. The Morgan fingerprint density at radius 1 is 1.10 bits per heavy atom. The molecule has 184 valence electrons. The van der Waals surface area contributed by atoms with Gasteiger partial charge in [0.2, 0.25) is 0 Å². The van der Waals surface area contributed by atoms with Crippen LogP contribution < -0.4 is 16.4 Å². The van der Waals surface area contributed by atoms with E-state index in [0.717, 1.165) is 44.2 Å². The molecule has 0 aromatic heterocycles. The van der Waals surface area contributed by atoms with E-state index in [2.05, 4.69) is 31.4 Å². The van der Waals surface area contributed by atoms with Gasteiger partial charge in [-0.05, 0) is 36.5 Å². The van der Waals surface area contributed by atoms with E-state index in [1.807, 2.05) is 12.1 Å². The predicted molar refractivity (Wildman–Crippen MR) is 136 cm³/mol. The first-order valence-electron chi connectivity index (χ1n) is 10.5. The average molecular weight is 503 g/mol. The smallest absolute Gasteiger partial charge is 0.323 e. The Kier molecular flexibility index (Phi) is 22.4. The number of ether oxygens (including phenoxy) is 1. The first-order valence-corrected chi connectivity index (χ1v) is 10.5. The number of methoxy groups -OCH3 is 1. The fourth-order valence-electron chi connectivity index (χ4n) is 3.17. The summed E-state index contributed by atoms with van der Waals surface area (Å²) >= 11 is 0. The lowest BCUT2D eigenvalue weighted by atomic mass is 9.98. The van der Waals surface area contributed by atoms with Crippen molar-refractivity contribution in [1.29, 1.82) is 0 Å². The highest BCUT2D eigenvalue weighted by molar-refractivity contribution is 5.86. The van der Waals surface area contributed by atoms with E-state index >= 15 is 0 Å². The molecule has 5 N–H and O–H groups in total. The number of carbonyl (C=O) groups is 1. The van der Waals surface area contributed by atoms with Gasteiger partial charge in [-0.2, -0.15) is 0 Å². The van der Waals surface area contributed by atoms with E-state index in [1.54, 1.807) is 12.1 Å². The number of halogens is 3. The molecular weight excluding hydrogens is 461 g/mol. The third kappa shape index (κ3) is 14.1. The predicted octanol–water partition coefficient (Wildman–Crippen LogP) is 3.85. The van der Waals surface area contributed by atoms with E-state index < -0.39 is 0 Å². The molecule has 0 spiro atoms. The monoisotopic (exact) mass is 501 g/mol. The summed E-state index contributed by atoms with van der Waals surface area (Å²) in [6, 6.07) is 7.16. The molecule has 0 aliphatic rings. The van der Waals surface area contributed by atoms with Gasteiger partial charge >= 0.3 is 5.97 Å². The second-order valence-electron chi connectivity index (χ2n) is 7.67. The molecule has 1 unspecified atom stereocenters. The third-order valence-corrected chi connectivity index (χ3v) is 5.27. The number of aromatic hydroxyl groups is 1. The van der Waals surface area contributed by atoms with Crippen molar-refractivity contribution in [2.24, 2.45) is 11.7 Å². The van der Waals surface area contributed by atoms with Crippen LogP contribution in [0.5, 0.6) is 5.75 Å². The van der Waals surface area contributed by atoms with Gasteiger partial charge in [0.15, 0.2) is 0 Å². The van der Waals surface area contributed by atoms with E-state index in [4.69, 9.17) is 10.5 Å². The average Bonchev–Trinajstić information content (AvgIpc) is 2.71. The summed E-state index contributed by atoms with van der Waals surface area (Å²) < 4.78 is 4.97. The number of benzene rings is 1. The van der Waals surface area contributed by atoms with Crippen LogP contribution in [0.4, 0.5) is 0 Å². The van der Waals surface area contributed by atoms with Crippen LogP contribution in [0.25, 0.3) is 0 Å². The minimum absolute atomic E-state index is 0. The molecule has 31 heavy (non-hydrogen) atoms. The maximum atomic E-state index is 12.2. The minimum Gasteiger partial charge on any atom is -0.508 e. The van der Waals surface area contributed by atoms with Crippen molar-refractivity contribution >= 4 is 43.2 Å². The molecule has 0 saturated carbocycles. The zero-order chi connectivity index (χ0) is 20.9. The summed E-state index contributed by atoms with van der Waals surface area (Å²) in [5, 5.41) is 16.5. The van der Waals surface area contributed by atoms with Crippen molar-refractivity contribution in [1.82, 2.24) is 10.6 Å². The second-order valence-corrected chi connectivity index (χ2v) is 7.67. The summed E-state index contributed by atoms with van der Waals surface area (Å²) in [6.07, 6.45) is 4.94. The Morgan fingerprint density at radius 3 is 2.23 bits per heavy atom. The molecule has 9 heteroatoms. The molecule has 1 aromatic carbocycles. The minimum atomic E-state index is -0.326. The van der Waals surface area contributed by atoms with Crippen molar-refractivity contribution in [3.8, 4) is 5.75 Å². The Hall–Kier alpha value is -0.760. The number of carbonyl (C=O) groups excluding carboxylic acids is 1. The van der Waals surface area contributed by atoms with E-state index in [-0.39, 0.29) is 73.0 Å². The molecule has 0 radical (unpaired) electrons. The fraction of sp³-hybridized carbons (Fsp3) is 0.682. The molecule has 6 nitrogen and oxygen atoms in total. The van der Waals surface area contributed by atoms with Crippen LogP contribution in [0.1, 0.15) is 52.0 Å². The lowest BCUT2D eigenvalue weighted by Gasteiger charge is -2.27. The van der Waals surface area contributed by atoms with Gasteiger partial charge in [-0.25, -0.2) is 0 Å². The second kappa shape index (κ2) is 19.9. The topological polar surface area (TPSA) is 96.6 Å². The quantitative estimate of drug-likeness (QED) is 0.289. The van der Waals surface area contributed by atoms with Crippen LogP contribution in [0.15, 0.2) is 24.3 Å². The van der Waals surface area contributed by atoms with Gasteiger partial charge in [0.1, 0.15) is 11.8 Å². The number of phenols is 1. The van der Waals surface area contributed by atoms with E-state index in [1.165, 1.54) is 7.11 Å². The summed E-state index contributed by atoms with van der Waals surface area (Å²) in [7, 11) is 1.43. The first kappa shape index (κ1) is 34.8. The van der Waals surface area contributed by atoms with Crippen molar-refractivity contribution in [3.05, 3.63) is 29.8 Å². The zero-order valence-electron chi connectivity index (χ0n) is 19.1. The largest absolute Gasteiger partial charge is 0.508 e. The van der Waals surface area contributed by atoms with Crippen LogP contribution in [-0.4, -0.2) is 49.4 Å². The summed E-state index contributed by atoms with van der Waals surface area (Å²) in [5.74, 6) is 0.224. The van der Waals surface area contributed by atoms with Crippen LogP contribution in [0.2, 0.25) is 0 Å². The highest BCUT2D eigenvalue weighted by Gasteiger charge is 2.25. The van der Waals surface area contributed by atoms with Crippen LogP contribution in [0.3, 0.4) is 0 Å². The van der Waals surface area contributed by atoms with Gasteiger partial charge in [0.05, 0.1) is 7.11 Å². The van der Waals surface area contributed by atoms with E-state index in [0.29, 0.717) is 6.54 Å². The highest BCUT2D eigenvalue weighted by atomic mass is 35.5. The number of hydrogen-bond acceptors (Lipinski definition) is 6. The molecule has 1 aromatic rings. The first-order chi connectivity index (χ1) is 13.4. The van der Waals surface area contributed by atoms with Crippen molar-refractivity contribution in [2.75, 3.05) is 20.2 Å². The molecule has 4 atom stereocenters. The maximum absolute atomic E-state index is 12.2. The Morgan fingerprint density at radius 2 is 1.71 bits per heavy atom. The molecule has 0 fully saturated rings. The Labute approximate surface area is 206 Å². The van der Waals surface area contributed by atoms with Gasteiger partial charge in [-0.3, -0.25) is 4.79 Å². The molecular formula is C22H42Cl3N3O3. The van der Waals surface area contributed by atoms with Crippen molar-refractivity contribution in [3.63, 3.8) is 0 Å². The lowest BCUT2D eigenvalue weighted by molar-refractivity contribution is -0.144. The van der Waals surface area contributed by atoms with Gasteiger partial charge in [0.25, 0.3) is 0 Å². The molecule has 0 heterocycles. The number of unbranched alkanes of at least 4 members (excludes halogenated alkanes) is 1. The lowest BCUT2D eigenvalue weighted by Crippen LogP contribution is -2.51. The number of nitrogens with two attached hydrogens (primary N) is 1. The number of phenolic OH excluding ortho intramolecular Hbond substituents is 1. The number of esters is 1. The van der Waals surface area contributed by atoms with Crippen LogP contribution in [-0.2, 0) is 16.0 Å². The maximum Gasteiger partial charge on any atom is 0.323 e. The van der Waals surface area contributed by atoms with Crippen molar-refractivity contribution in [2.45, 2.75) is 71.0 Å². The highest BCUT2D eigenvalue weighted by Crippen LogP contribution is 2.13. The van der Waals surface area contributed by atoms with Gasteiger partial charge in [0, 0.05) is 25.2 Å². The van der Waals surface area contributed by atoms with Crippen molar-refractivity contribution < 1.29 is 14.6 Å². The molecule has 0 amide bonds. The van der Waals surface area contributed by atoms with Crippen LogP contribution >= 0.6 is 37.2 Å². The SMILES string of the molecule is CCCC[C@H](N)CN[C@H](CN[C@H](C(=O)OC)C(C)CC)Cc1ccc(O)cc1.Cl.Cl.Cl. The molecule has 0 aliphatic heterocycles. The van der Waals surface area contributed by atoms with Gasteiger partial charge < -0.3 is 26.2 Å². The van der Waals surface area contributed by atoms with Crippen LogP contribution in [0, 0.1) is 5.92 Å². The number of hydrogen-bond donors (Lipinski definition) is 4. The molecule has 1 rings (SSSR count). The third-order valence-electron chi connectivity index (χ3n) is 5.27. The number of nitrogens with one attached hydrogen (secondary N) is 2. The standard InChI is InChI=1S/C22H39N3O3.3ClH/c1-5-7-8-18(23)14-24-19(13-17-9-11-20(26)12-10-17)15-25-21(16(3)6-2)22(27)28-4;;;/h9-12,16,18-19,21,24-26H,5-8,13-15,23H2,1-4H3;3*1H/t16?,18-,19-,21-;;;/m0.../s1. The summed E-state index contributed by atoms with van der Waals surface area (Å²) in [6.45, 7) is 7.65. The summed E-state index contributed by atoms with van der Waals surface area (Å²) in [5.41, 5.74) is 7.35. The molecule has 0 saturated heterocycles. The van der Waals surface area contributed by atoms with E-state index in [9.17, 15) is 9.90 Å². The van der Waals surface area contributed by atoms with Gasteiger partial charge in [-0.1, -0.05) is 52.2 Å².